The molecule has 14 N–H and O–H groups in total. The number of benzene rings is 1. The Morgan fingerprint density at radius 2 is 1.42 bits per heavy atom. The third-order valence-corrected chi connectivity index (χ3v) is 14.2. The molecule has 26 heteroatoms. The summed E-state index contributed by atoms with van der Waals surface area (Å²) in [5.41, 5.74) is 17.8. The number of amides is 11. The highest BCUT2D eigenvalue weighted by Gasteiger charge is 2.41. The Bertz CT molecular complexity index is 2100. The maximum atomic E-state index is 14.6. The summed E-state index contributed by atoms with van der Waals surface area (Å²) in [5, 5.41) is 28.0. The number of hydrogen-bond donors (Lipinski definition) is 11. The molecule has 0 unspecified atom stereocenters. The topological polar surface area (TPSA) is 377 Å². The molecule has 0 aliphatic carbocycles. The molecule has 24 nitrogen and oxygen atoms in total. The Balaban J connectivity index is 2.04. The number of nitrogens with two attached hydrogens (primary N) is 3. The Kier molecular flexibility index (Phi) is 23.9. The highest BCUT2D eigenvalue weighted by molar-refractivity contribution is 8.76. The van der Waals surface area contributed by atoms with Crippen molar-refractivity contribution in [2.75, 3.05) is 38.7 Å². The van der Waals surface area contributed by atoms with Crippen molar-refractivity contribution in [2.45, 2.75) is 127 Å². The van der Waals surface area contributed by atoms with Crippen LogP contribution in [0.1, 0.15) is 78.2 Å². The number of carbonyl (C=O) groups is 11. The number of likely N-dealkylation sites (tertiary alicyclic amines) is 1. The maximum Gasteiger partial charge on any atom is 0.246 e. The van der Waals surface area contributed by atoms with E-state index in [2.05, 4.69) is 37.2 Å². The van der Waals surface area contributed by atoms with Crippen LogP contribution in [0, 0.1) is 11.8 Å². The van der Waals surface area contributed by atoms with E-state index >= 15 is 0 Å². The van der Waals surface area contributed by atoms with Crippen LogP contribution < -0.4 is 54.4 Å². The summed E-state index contributed by atoms with van der Waals surface area (Å²) in [7, 11) is 5.12. The number of primary amides is 2. The molecule has 3 rings (SSSR count). The van der Waals surface area contributed by atoms with E-state index in [0.29, 0.717) is 18.4 Å². The first kappa shape index (κ1) is 59.2. The van der Waals surface area contributed by atoms with Gasteiger partial charge in [0.05, 0.1) is 19.0 Å². The van der Waals surface area contributed by atoms with Gasteiger partial charge in [-0.3, -0.25) is 52.7 Å². The lowest BCUT2D eigenvalue weighted by atomic mass is 9.96. The Morgan fingerprint density at radius 1 is 0.817 bits per heavy atom. The molecule has 2 aliphatic heterocycles. The van der Waals surface area contributed by atoms with Crippen molar-refractivity contribution in [3.05, 3.63) is 29.8 Å². The van der Waals surface area contributed by atoms with Crippen LogP contribution >= 0.6 is 21.6 Å². The molecule has 1 aromatic rings. The molecule has 0 bridgehead atoms. The summed E-state index contributed by atoms with van der Waals surface area (Å²) in [6, 6.07) is -4.98. The first-order valence-electron chi connectivity index (χ1n) is 23.4. The molecule has 2 fully saturated rings. The highest BCUT2D eigenvalue weighted by Crippen LogP contribution is 2.26. The lowest BCUT2D eigenvalue weighted by molar-refractivity contribution is -0.142. The molecule has 394 valence electrons. The van der Waals surface area contributed by atoms with Crippen LogP contribution in [-0.4, -0.2) is 167 Å². The molecule has 0 aromatic heterocycles. The number of likely N-dealkylation sites (N-methyl/N-ethyl adjacent to an activating group) is 1. The average molecular weight is 1040 g/mol. The molecule has 2 saturated heterocycles. The zero-order valence-corrected chi connectivity index (χ0v) is 42.6. The van der Waals surface area contributed by atoms with E-state index < -0.39 is 133 Å². The largest absolute Gasteiger partial charge is 0.508 e. The van der Waals surface area contributed by atoms with Gasteiger partial charge in [-0.25, -0.2) is 0 Å². The molecule has 71 heavy (non-hydrogen) atoms. The van der Waals surface area contributed by atoms with Crippen LogP contribution in [0.5, 0.6) is 5.75 Å². The molecule has 0 spiro atoms. The number of nitrogens with one attached hydrogen (secondary N) is 7. The van der Waals surface area contributed by atoms with Crippen molar-refractivity contribution in [1.29, 1.82) is 0 Å². The highest BCUT2D eigenvalue weighted by atomic mass is 33.1. The van der Waals surface area contributed by atoms with Crippen LogP contribution in [0.25, 0.3) is 0 Å². The van der Waals surface area contributed by atoms with Gasteiger partial charge in [-0.15, -0.1) is 0 Å². The first-order chi connectivity index (χ1) is 33.4. The fourth-order valence-corrected chi connectivity index (χ4v) is 9.77. The van der Waals surface area contributed by atoms with Crippen molar-refractivity contribution in [2.24, 2.45) is 29.0 Å². The van der Waals surface area contributed by atoms with Crippen molar-refractivity contribution in [3.63, 3.8) is 0 Å². The summed E-state index contributed by atoms with van der Waals surface area (Å²) in [4.78, 5) is 151. The lowest BCUT2D eigenvalue weighted by Crippen LogP contribution is -2.61. The zero-order valence-electron chi connectivity index (χ0n) is 40.9. The second-order valence-electron chi connectivity index (χ2n) is 18.2. The number of phenolic OH excluding ortho intramolecular Hbond substituents is 1. The van der Waals surface area contributed by atoms with Gasteiger partial charge in [0.25, 0.3) is 0 Å². The van der Waals surface area contributed by atoms with E-state index in [1.165, 1.54) is 36.0 Å². The number of carbonyl (C=O) groups excluding carboxylic acids is 11. The SMILES string of the molecule is CC[C@H](C)[C@@H]1NC(=O)[C@H](Cc2ccc(O)cc2)NC(=O)[C@@H](N)CSSC[C@@H](C(=O)N2CCC[C@H]2C(=O)N[C@@H](CC(C)C)C(=O)NCC(=O)N(C)C)NC(=O)[C@H](CC(N)=O)NC(=O)[C@H](CCC(N)=O)NC1=O. The second-order valence-corrected chi connectivity index (χ2v) is 20.8. The molecule has 0 saturated carbocycles. The summed E-state index contributed by atoms with van der Waals surface area (Å²) >= 11 is 0. The van der Waals surface area contributed by atoms with Crippen molar-refractivity contribution in [1.82, 2.24) is 47.0 Å². The minimum absolute atomic E-state index is 0.0445. The van der Waals surface area contributed by atoms with Crippen LogP contribution in [0.15, 0.2) is 24.3 Å². The van der Waals surface area contributed by atoms with Gasteiger partial charge < -0.3 is 69.3 Å². The van der Waals surface area contributed by atoms with E-state index in [0.717, 1.165) is 21.6 Å². The standard InChI is InChI=1S/C45H70N12O12S2/c1-7-24(4)37-44(68)50-28(14-15-34(47)59)40(64)52-31(19-35(48)60)41(65)54-32(22-71-70-21-27(46)38(62)51-30(42(66)55-37)18-25-10-12-26(58)13-11-25)45(69)57-16-8-9-33(57)43(67)53-29(17-23(2)3)39(63)49-20-36(61)56(5)6/h10-13,23-24,27-33,37,58H,7-9,14-22,46H2,1-6H3,(H2,47,59)(H2,48,60)(H,49,63)(H,50,68)(H,51,62)(H,52,64)(H,53,67)(H,54,65)(H,55,66)/t24-,27-,28-,29-,30-,31-,32-,33-,37-/m0/s1. The second kappa shape index (κ2) is 28.6. The Morgan fingerprint density at radius 3 is 2.03 bits per heavy atom. The van der Waals surface area contributed by atoms with Gasteiger partial charge >= 0.3 is 0 Å². The van der Waals surface area contributed by atoms with E-state index in [4.69, 9.17) is 17.2 Å². The predicted octanol–water partition coefficient (Wildman–Crippen LogP) is -3.01. The number of nitrogens with zero attached hydrogens (tertiary/aromatic N) is 2. The van der Waals surface area contributed by atoms with Crippen molar-refractivity contribution >= 4 is 86.6 Å². The third kappa shape index (κ3) is 19.2. The Labute approximate surface area is 420 Å². The van der Waals surface area contributed by atoms with Crippen LogP contribution in [0.4, 0.5) is 0 Å². The van der Waals surface area contributed by atoms with Crippen molar-refractivity contribution in [3.8, 4) is 5.75 Å². The van der Waals surface area contributed by atoms with E-state index in [1.54, 1.807) is 26.0 Å². The van der Waals surface area contributed by atoms with E-state index in [9.17, 15) is 57.8 Å². The average Bonchev–Trinajstić information content (AvgIpc) is 3.81. The fourth-order valence-electron chi connectivity index (χ4n) is 7.49. The minimum Gasteiger partial charge on any atom is -0.508 e. The van der Waals surface area contributed by atoms with Gasteiger partial charge in [0.15, 0.2) is 0 Å². The molecular formula is C45H70N12O12S2. The molecule has 2 aliphatic rings. The van der Waals surface area contributed by atoms with Crippen LogP contribution in [0.3, 0.4) is 0 Å². The normalized spacial score (nSPS) is 23.9. The molecule has 9 atom stereocenters. The quantitative estimate of drug-likeness (QED) is 0.0693. The smallest absolute Gasteiger partial charge is 0.246 e. The number of phenols is 1. The number of rotatable bonds is 17. The van der Waals surface area contributed by atoms with Gasteiger partial charge in [0.2, 0.25) is 65.0 Å². The Hall–Kier alpha value is -6.15. The van der Waals surface area contributed by atoms with Crippen LogP contribution in [0.2, 0.25) is 0 Å². The fraction of sp³-hybridized carbons (Fsp3) is 0.622. The molecule has 1 aromatic carbocycles. The first-order valence-corrected chi connectivity index (χ1v) is 25.9. The molecule has 2 heterocycles. The van der Waals surface area contributed by atoms with Gasteiger partial charge in [-0.2, -0.15) is 0 Å². The summed E-state index contributed by atoms with van der Waals surface area (Å²) in [5.74, 6) is -9.81. The number of aromatic hydroxyl groups is 1. The predicted molar refractivity (Wildman–Crippen MR) is 264 cm³/mol. The van der Waals surface area contributed by atoms with Gasteiger partial charge in [0.1, 0.15) is 48.0 Å². The third-order valence-electron chi connectivity index (χ3n) is 11.8. The van der Waals surface area contributed by atoms with Crippen LogP contribution in [-0.2, 0) is 59.2 Å². The van der Waals surface area contributed by atoms with Gasteiger partial charge in [-0.1, -0.05) is 67.8 Å². The van der Waals surface area contributed by atoms with Gasteiger partial charge in [-0.05, 0) is 55.2 Å². The summed E-state index contributed by atoms with van der Waals surface area (Å²) < 4.78 is 0. The minimum atomic E-state index is -1.75. The van der Waals surface area contributed by atoms with Gasteiger partial charge in [0, 0.05) is 45.0 Å². The molecule has 0 radical (unpaired) electrons. The van der Waals surface area contributed by atoms with E-state index in [1.807, 2.05) is 13.8 Å². The lowest BCUT2D eigenvalue weighted by Gasteiger charge is -2.31. The summed E-state index contributed by atoms with van der Waals surface area (Å²) in [6.45, 7) is 6.83. The monoisotopic (exact) mass is 1030 g/mol. The van der Waals surface area contributed by atoms with E-state index in [-0.39, 0.29) is 61.4 Å². The van der Waals surface area contributed by atoms with Crippen molar-refractivity contribution < 1.29 is 57.8 Å². The molecule has 11 amide bonds. The molecular weight excluding hydrogens is 965 g/mol. The zero-order chi connectivity index (χ0) is 53.1. The number of hydrogen-bond acceptors (Lipinski definition) is 15. The maximum absolute atomic E-state index is 14.6. The summed E-state index contributed by atoms with van der Waals surface area (Å²) in [6.07, 6.45) is -0.632.